The molecule has 37 heavy (non-hydrogen) atoms. The zero-order valence-electron chi connectivity index (χ0n) is 21.0. The lowest BCUT2D eigenvalue weighted by molar-refractivity contribution is -0.124. The maximum absolute atomic E-state index is 13.4. The number of anilines is 2. The van der Waals surface area contributed by atoms with Crippen LogP contribution in [-0.2, 0) is 9.53 Å². The van der Waals surface area contributed by atoms with Crippen molar-refractivity contribution in [3.63, 3.8) is 0 Å². The summed E-state index contributed by atoms with van der Waals surface area (Å²) < 4.78 is 5.48. The van der Waals surface area contributed by atoms with Crippen LogP contribution in [-0.4, -0.2) is 49.4 Å². The van der Waals surface area contributed by atoms with Crippen molar-refractivity contribution in [3.05, 3.63) is 53.1 Å². The van der Waals surface area contributed by atoms with E-state index in [0.29, 0.717) is 35.2 Å². The van der Waals surface area contributed by atoms with Crippen LogP contribution in [0, 0.1) is 17.8 Å². The van der Waals surface area contributed by atoms with Crippen LogP contribution in [0.5, 0.6) is 0 Å². The van der Waals surface area contributed by atoms with Gasteiger partial charge in [-0.1, -0.05) is 23.7 Å². The molecule has 2 aromatic rings. The first-order chi connectivity index (χ1) is 18.0. The number of hydrogen-bond acceptors (Lipinski definition) is 5. The smallest absolute Gasteiger partial charge is 0.256 e. The third kappa shape index (κ3) is 5.50. The van der Waals surface area contributed by atoms with Crippen LogP contribution in [0.2, 0.25) is 5.02 Å². The Hall–Kier alpha value is -2.22. The quantitative estimate of drug-likeness (QED) is 0.448. The van der Waals surface area contributed by atoms with Gasteiger partial charge in [-0.3, -0.25) is 9.59 Å². The Morgan fingerprint density at radius 3 is 2.38 bits per heavy atom. The van der Waals surface area contributed by atoms with E-state index < -0.39 is 0 Å². The second kappa shape index (κ2) is 10.5. The minimum atomic E-state index is -0.207. The molecule has 2 amide bonds. The van der Waals surface area contributed by atoms with Gasteiger partial charge in [0.25, 0.3) is 5.91 Å². The summed E-state index contributed by atoms with van der Waals surface area (Å²) in [5.74, 6) is 2.54. The molecule has 4 saturated carbocycles. The highest BCUT2D eigenvalue weighted by atomic mass is 35.5. The summed E-state index contributed by atoms with van der Waals surface area (Å²) in [5.41, 5.74) is 2.18. The first kappa shape index (κ1) is 25.1. The van der Waals surface area contributed by atoms with E-state index in [1.54, 1.807) is 6.07 Å². The molecule has 2 N–H and O–H groups in total. The zero-order valence-corrected chi connectivity index (χ0v) is 22.6. The number of hydrogen-bond donors (Lipinski definition) is 2. The highest BCUT2D eigenvalue weighted by molar-refractivity contribution is 8.00. The second-order valence-corrected chi connectivity index (χ2v) is 12.7. The van der Waals surface area contributed by atoms with Crippen LogP contribution in [0.25, 0.3) is 0 Å². The highest BCUT2D eigenvalue weighted by Gasteiger charge is 2.51. The number of nitrogens with zero attached hydrogens (tertiary/aromatic N) is 1. The molecule has 2 aromatic carbocycles. The van der Waals surface area contributed by atoms with Gasteiger partial charge in [0.05, 0.1) is 35.9 Å². The number of rotatable bonds is 7. The number of thioether (sulfide) groups is 1. The van der Waals surface area contributed by atoms with Crippen molar-refractivity contribution in [2.75, 3.05) is 42.3 Å². The predicted octanol–water partition coefficient (Wildman–Crippen LogP) is 5.61. The summed E-state index contributed by atoms with van der Waals surface area (Å²) in [5, 5.41) is 7.08. The van der Waals surface area contributed by atoms with Gasteiger partial charge in [0, 0.05) is 28.5 Å². The van der Waals surface area contributed by atoms with E-state index >= 15 is 0 Å². The molecular weight excluding hydrogens is 506 g/mol. The molecule has 1 aliphatic heterocycles. The average Bonchev–Trinajstić information content (AvgIpc) is 2.87. The molecule has 0 atom stereocenters. The molecule has 196 valence electrons. The van der Waals surface area contributed by atoms with Crippen molar-refractivity contribution in [2.24, 2.45) is 17.8 Å². The number of nitrogens with one attached hydrogen (secondary N) is 2. The Balaban J connectivity index is 1.12. The zero-order chi connectivity index (χ0) is 25.4. The summed E-state index contributed by atoms with van der Waals surface area (Å²) >= 11 is 7.72. The number of carbonyl (C=O) groups is 2. The maximum Gasteiger partial charge on any atom is 0.256 e. The number of halogens is 1. The molecule has 8 heteroatoms. The van der Waals surface area contributed by atoms with Gasteiger partial charge in [-0.2, -0.15) is 0 Å². The Bertz CT molecular complexity index is 1150. The molecule has 0 radical (unpaired) electrons. The van der Waals surface area contributed by atoms with Gasteiger partial charge in [-0.15, -0.1) is 11.8 Å². The van der Waals surface area contributed by atoms with Gasteiger partial charge in [-0.25, -0.2) is 0 Å². The second-order valence-electron chi connectivity index (χ2n) is 11.2. The Morgan fingerprint density at radius 1 is 1.00 bits per heavy atom. The molecule has 4 bridgehead atoms. The fraction of sp³-hybridized carbons (Fsp3) is 0.517. The van der Waals surface area contributed by atoms with Crippen LogP contribution in [0.15, 0.2) is 47.4 Å². The molecular formula is C29H34ClN3O3S. The van der Waals surface area contributed by atoms with Gasteiger partial charge in [0.15, 0.2) is 0 Å². The van der Waals surface area contributed by atoms with Crippen LogP contribution < -0.4 is 15.5 Å². The minimum Gasteiger partial charge on any atom is -0.378 e. The fourth-order valence-corrected chi connectivity index (χ4v) is 8.42. The molecule has 4 aliphatic carbocycles. The molecule has 5 fully saturated rings. The summed E-state index contributed by atoms with van der Waals surface area (Å²) in [4.78, 5) is 29.5. The fourth-order valence-electron chi connectivity index (χ4n) is 7.40. The van der Waals surface area contributed by atoms with E-state index in [9.17, 15) is 9.59 Å². The molecule has 0 unspecified atom stereocenters. The predicted molar refractivity (Wildman–Crippen MR) is 149 cm³/mol. The van der Waals surface area contributed by atoms with Gasteiger partial charge in [0.2, 0.25) is 5.91 Å². The van der Waals surface area contributed by atoms with Crippen LogP contribution in [0.4, 0.5) is 11.4 Å². The largest absolute Gasteiger partial charge is 0.378 e. The van der Waals surface area contributed by atoms with Crippen molar-refractivity contribution < 1.29 is 14.3 Å². The lowest BCUT2D eigenvalue weighted by Crippen LogP contribution is -2.60. The average molecular weight is 540 g/mol. The van der Waals surface area contributed by atoms with Crippen LogP contribution in [0.1, 0.15) is 48.9 Å². The normalized spacial score (nSPS) is 28.2. The van der Waals surface area contributed by atoms with Crippen LogP contribution in [0.3, 0.4) is 0 Å². The lowest BCUT2D eigenvalue weighted by atomic mass is 9.53. The number of morpholine rings is 1. The number of amides is 2. The molecule has 1 saturated heterocycles. The highest BCUT2D eigenvalue weighted by Crippen LogP contribution is 2.55. The Labute approximate surface area is 227 Å². The van der Waals surface area contributed by atoms with E-state index in [0.717, 1.165) is 60.7 Å². The molecule has 1 heterocycles. The molecule has 6 nitrogen and oxygen atoms in total. The van der Waals surface area contributed by atoms with Gasteiger partial charge in [-0.05, 0) is 86.6 Å². The van der Waals surface area contributed by atoms with Crippen molar-refractivity contribution in [1.82, 2.24) is 5.32 Å². The van der Waals surface area contributed by atoms with Crippen molar-refractivity contribution in [2.45, 2.75) is 49.0 Å². The number of benzene rings is 2. The summed E-state index contributed by atoms with van der Waals surface area (Å²) in [6, 6.07) is 13.1. The summed E-state index contributed by atoms with van der Waals surface area (Å²) in [6.07, 6.45) is 7.48. The van der Waals surface area contributed by atoms with E-state index in [-0.39, 0.29) is 17.4 Å². The molecule has 0 spiro atoms. The third-order valence-electron chi connectivity index (χ3n) is 8.49. The molecule has 0 aromatic heterocycles. The first-order valence-corrected chi connectivity index (χ1v) is 14.8. The van der Waals surface area contributed by atoms with Crippen molar-refractivity contribution >= 4 is 46.6 Å². The maximum atomic E-state index is 13.4. The van der Waals surface area contributed by atoms with E-state index in [2.05, 4.69) is 15.5 Å². The first-order valence-electron chi connectivity index (χ1n) is 13.4. The number of ether oxygens (including phenoxy) is 1. The topological polar surface area (TPSA) is 70.7 Å². The third-order valence-corrected chi connectivity index (χ3v) is 9.80. The van der Waals surface area contributed by atoms with E-state index in [1.165, 1.54) is 31.0 Å². The van der Waals surface area contributed by atoms with Crippen LogP contribution >= 0.6 is 23.4 Å². The molecule has 7 rings (SSSR count). The van der Waals surface area contributed by atoms with Gasteiger partial charge >= 0.3 is 0 Å². The van der Waals surface area contributed by atoms with E-state index in [4.69, 9.17) is 16.3 Å². The monoisotopic (exact) mass is 539 g/mol. The summed E-state index contributed by atoms with van der Waals surface area (Å²) in [7, 11) is 0. The van der Waals surface area contributed by atoms with Crippen molar-refractivity contribution in [1.29, 1.82) is 0 Å². The van der Waals surface area contributed by atoms with Crippen molar-refractivity contribution in [3.8, 4) is 0 Å². The lowest BCUT2D eigenvalue weighted by Gasteiger charge is -2.56. The Kier molecular flexibility index (Phi) is 7.12. The molecule has 5 aliphatic rings. The SMILES string of the molecule is O=C(CSc1ccccc1C(=O)Nc1cc(Cl)ccc1N1CCOCC1)NC12CC3CC(CC(C3)C1)C2. The Morgan fingerprint density at radius 2 is 1.68 bits per heavy atom. The number of carbonyl (C=O) groups excluding carboxylic acids is 2. The van der Waals surface area contributed by atoms with E-state index in [1.807, 2.05) is 36.4 Å². The van der Waals surface area contributed by atoms with Gasteiger partial charge < -0.3 is 20.3 Å². The van der Waals surface area contributed by atoms with Gasteiger partial charge in [0.1, 0.15) is 0 Å². The standard InChI is InChI=1S/C29H34ClN3O3S/c30-22-5-6-25(33-7-9-36-10-8-33)24(14-22)31-28(35)23-3-1-2-4-26(23)37-18-27(34)32-29-15-19-11-20(16-29)13-21(12-19)17-29/h1-6,14,19-21H,7-13,15-18H2,(H,31,35)(H,32,34). The summed E-state index contributed by atoms with van der Waals surface area (Å²) in [6.45, 7) is 2.83. The minimum absolute atomic E-state index is 0.00571.